The van der Waals surface area contributed by atoms with E-state index < -0.39 is 0 Å². The Kier molecular flexibility index (Phi) is 3.80. The molecule has 21 heavy (non-hydrogen) atoms. The van der Waals surface area contributed by atoms with Crippen molar-refractivity contribution in [3.63, 3.8) is 0 Å². The molecule has 1 aliphatic heterocycles. The van der Waals surface area contributed by atoms with Gasteiger partial charge in [0.1, 0.15) is 22.7 Å². The van der Waals surface area contributed by atoms with Gasteiger partial charge in [0.25, 0.3) is 0 Å². The van der Waals surface area contributed by atoms with E-state index in [1.165, 1.54) is 0 Å². The van der Waals surface area contributed by atoms with Gasteiger partial charge in [-0.3, -0.25) is 4.79 Å². The molecule has 3 rings (SSSR count). The zero-order chi connectivity index (χ0) is 15.0. The summed E-state index contributed by atoms with van der Waals surface area (Å²) in [6, 6.07) is 3.85. The summed E-state index contributed by atoms with van der Waals surface area (Å²) in [6.07, 6.45) is 0.865. The van der Waals surface area contributed by atoms with Gasteiger partial charge in [-0.1, -0.05) is 6.92 Å². The summed E-state index contributed by atoms with van der Waals surface area (Å²) in [5.41, 5.74) is 2.01. The number of imidazole rings is 1. The van der Waals surface area contributed by atoms with E-state index in [1.54, 1.807) is 11.8 Å². The van der Waals surface area contributed by atoms with Crippen molar-refractivity contribution in [2.75, 3.05) is 5.75 Å². The summed E-state index contributed by atoms with van der Waals surface area (Å²) in [5, 5.41) is -0.0283. The summed E-state index contributed by atoms with van der Waals surface area (Å²) in [7, 11) is 0. The Labute approximate surface area is 128 Å². The van der Waals surface area contributed by atoms with E-state index in [-0.39, 0.29) is 11.3 Å². The van der Waals surface area contributed by atoms with Crippen molar-refractivity contribution in [3.05, 3.63) is 40.9 Å². The third-order valence-corrected chi connectivity index (χ3v) is 4.84. The Bertz CT molecular complexity index is 662. The maximum Gasteiger partial charge on any atom is 0.234 e. The molecule has 1 atom stereocenters. The van der Waals surface area contributed by atoms with Crippen LogP contribution in [0.2, 0.25) is 0 Å². The number of hydrogen-bond acceptors (Lipinski definition) is 4. The lowest BCUT2D eigenvalue weighted by Gasteiger charge is -2.22. The molecular formula is C15H19N3O2S. The Morgan fingerprint density at radius 2 is 2.29 bits per heavy atom. The smallest absolute Gasteiger partial charge is 0.234 e. The van der Waals surface area contributed by atoms with Gasteiger partial charge in [-0.25, -0.2) is 4.98 Å². The van der Waals surface area contributed by atoms with Crippen LogP contribution >= 0.6 is 11.8 Å². The highest BCUT2D eigenvalue weighted by molar-refractivity contribution is 8.00. The second-order valence-electron chi connectivity index (χ2n) is 5.24. The van der Waals surface area contributed by atoms with Crippen LogP contribution in [0.1, 0.15) is 41.0 Å². The molecule has 1 aliphatic rings. The van der Waals surface area contributed by atoms with Crippen LogP contribution in [0.5, 0.6) is 0 Å². The molecule has 0 bridgehead atoms. The lowest BCUT2D eigenvalue weighted by Crippen LogP contribution is -2.28. The van der Waals surface area contributed by atoms with Crippen LogP contribution < -0.4 is 0 Å². The van der Waals surface area contributed by atoms with Crippen LogP contribution in [0, 0.1) is 13.8 Å². The minimum atomic E-state index is -0.0283. The number of thioether (sulfide) groups is 1. The van der Waals surface area contributed by atoms with Gasteiger partial charge in [0, 0.05) is 12.1 Å². The van der Waals surface area contributed by atoms with Crippen LogP contribution in [-0.4, -0.2) is 26.5 Å². The molecule has 0 radical (unpaired) electrons. The van der Waals surface area contributed by atoms with E-state index in [0.29, 0.717) is 12.3 Å². The minimum Gasteiger partial charge on any atom is -0.464 e. The van der Waals surface area contributed by atoms with Gasteiger partial charge in [0.15, 0.2) is 0 Å². The van der Waals surface area contributed by atoms with Gasteiger partial charge in [-0.2, -0.15) is 0 Å². The molecule has 3 heterocycles. The predicted molar refractivity (Wildman–Crippen MR) is 81.9 cm³/mol. The van der Waals surface area contributed by atoms with E-state index in [2.05, 4.69) is 16.9 Å². The van der Waals surface area contributed by atoms with Crippen molar-refractivity contribution in [2.24, 2.45) is 0 Å². The largest absolute Gasteiger partial charge is 0.464 e. The topological polar surface area (TPSA) is 62.1 Å². The highest BCUT2D eigenvalue weighted by Crippen LogP contribution is 2.40. The third-order valence-electron chi connectivity index (χ3n) is 3.63. The van der Waals surface area contributed by atoms with Gasteiger partial charge < -0.3 is 14.3 Å². The zero-order valence-corrected chi connectivity index (χ0v) is 13.3. The quantitative estimate of drug-likeness (QED) is 0.943. The van der Waals surface area contributed by atoms with E-state index in [0.717, 1.165) is 35.2 Å². The van der Waals surface area contributed by atoms with Gasteiger partial charge in [-0.05, 0) is 26.0 Å². The van der Waals surface area contributed by atoms with Gasteiger partial charge in [0.05, 0.1) is 18.0 Å². The average Bonchev–Trinajstić information content (AvgIpc) is 3.12. The second kappa shape index (κ2) is 5.60. The van der Waals surface area contributed by atoms with Crippen LogP contribution in [0.15, 0.2) is 16.5 Å². The third kappa shape index (κ3) is 2.72. The molecule has 0 aliphatic carbocycles. The molecule has 0 spiro atoms. The molecule has 5 nitrogen and oxygen atoms in total. The lowest BCUT2D eigenvalue weighted by atomic mass is 10.3. The Hall–Kier alpha value is -1.69. The highest BCUT2D eigenvalue weighted by atomic mass is 32.2. The first kappa shape index (κ1) is 14.3. The molecule has 1 saturated heterocycles. The van der Waals surface area contributed by atoms with Crippen molar-refractivity contribution < 1.29 is 9.21 Å². The number of rotatable bonds is 4. The number of aryl methyl sites for hydroxylation is 3. The molecule has 1 unspecified atom stereocenters. The van der Waals surface area contributed by atoms with Crippen LogP contribution in [0.4, 0.5) is 0 Å². The average molecular weight is 305 g/mol. The van der Waals surface area contributed by atoms with Gasteiger partial charge >= 0.3 is 0 Å². The maximum absolute atomic E-state index is 12.2. The number of carbonyl (C=O) groups is 1. The lowest BCUT2D eigenvalue weighted by molar-refractivity contribution is -0.128. The van der Waals surface area contributed by atoms with E-state index >= 15 is 0 Å². The predicted octanol–water partition coefficient (Wildman–Crippen LogP) is 2.96. The fourth-order valence-electron chi connectivity index (χ4n) is 2.54. The molecule has 1 fully saturated rings. The molecule has 112 valence electrons. The number of aromatic nitrogens is 2. The number of nitrogens with zero attached hydrogens (tertiary/aromatic N) is 2. The first-order chi connectivity index (χ1) is 10.1. The molecule has 0 saturated carbocycles. The van der Waals surface area contributed by atoms with Crippen molar-refractivity contribution in [2.45, 2.75) is 39.1 Å². The fourth-order valence-corrected chi connectivity index (χ4v) is 3.76. The number of hydrogen-bond donors (Lipinski definition) is 1. The number of H-pyrrole nitrogens is 1. The number of aromatic amines is 1. The number of furan rings is 1. The summed E-state index contributed by atoms with van der Waals surface area (Å²) < 4.78 is 5.60. The molecule has 1 N–H and O–H groups in total. The maximum atomic E-state index is 12.2. The SMILES string of the molecule is CCc1nc(C2SCC(=O)N2Cc2ccc(C)o2)c(C)[nH]1. The Balaban J connectivity index is 1.86. The van der Waals surface area contributed by atoms with Crippen molar-refractivity contribution in [1.82, 2.24) is 14.9 Å². The summed E-state index contributed by atoms with van der Waals surface area (Å²) >= 11 is 1.63. The van der Waals surface area contributed by atoms with Crippen LogP contribution in [0.25, 0.3) is 0 Å². The highest BCUT2D eigenvalue weighted by Gasteiger charge is 2.35. The second-order valence-corrected chi connectivity index (χ2v) is 6.31. The number of amides is 1. The summed E-state index contributed by atoms with van der Waals surface area (Å²) in [5.74, 6) is 3.29. The fraction of sp³-hybridized carbons (Fsp3) is 0.467. The number of carbonyl (C=O) groups excluding carboxylic acids is 1. The first-order valence-electron chi connectivity index (χ1n) is 7.10. The number of nitrogens with one attached hydrogen (secondary N) is 1. The van der Waals surface area contributed by atoms with Crippen molar-refractivity contribution in [3.8, 4) is 0 Å². The Morgan fingerprint density at radius 1 is 1.48 bits per heavy atom. The van der Waals surface area contributed by atoms with E-state index in [4.69, 9.17) is 4.42 Å². The molecule has 2 aromatic rings. The van der Waals surface area contributed by atoms with Gasteiger partial charge in [0.2, 0.25) is 5.91 Å². The zero-order valence-electron chi connectivity index (χ0n) is 12.5. The van der Waals surface area contributed by atoms with Gasteiger partial charge in [-0.15, -0.1) is 11.8 Å². The van der Waals surface area contributed by atoms with Crippen LogP contribution in [0.3, 0.4) is 0 Å². The van der Waals surface area contributed by atoms with Crippen molar-refractivity contribution >= 4 is 17.7 Å². The summed E-state index contributed by atoms with van der Waals surface area (Å²) in [6.45, 7) is 6.49. The van der Waals surface area contributed by atoms with Crippen LogP contribution in [-0.2, 0) is 17.8 Å². The minimum absolute atomic E-state index is 0.0283. The first-order valence-corrected chi connectivity index (χ1v) is 8.15. The van der Waals surface area contributed by atoms with E-state index in [1.807, 2.05) is 30.9 Å². The molecule has 2 aromatic heterocycles. The van der Waals surface area contributed by atoms with E-state index in [9.17, 15) is 4.79 Å². The molecular weight excluding hydrogens is 286 g/mol. The summed E-state index contributed by atoms with van der Waals surface area (Å²) in [4.78, 5) is 22.0. The molecule has 6 heteroatoms. The molecule has 0 aromatic carbocycles. The Morgan fingerprint density at radius 3 is 2.90 bits per heavy atom. The normalized spacial score (nSPS) is 18.7. The standard InChI is InChI=1S/C15H19N3O2S/c1-4-12-16-10(3)14(17-12)15-18(13(19)8-21-15)7-11-6-5-9(2)20-11/h5-6,15H,4,7-8H2,1-3H3,(H,16,17). The molecule has 1 amide bonds. The monoisotopic (exact) mass is 305 g/mol. The van der Waals surface area contributed by atoms with Crippen molar-refractivity contribution in [1.29, 1.82) is 0 Å².